The van der Waals surface area contributed by atoms with Crippen molar-refractivity contribution in [3.05, 3.63) is 35.9 Å². The zero-order valence-electron chi connectivity index (χ0n) is 12.8. The highest BCUT2D eigenvalue weighted by Crippen LogP contribution is 2.40. The molecule has 0 saturated carbocycles. The first-order valence-electron chi connectivity index (χ1n) is 7.42. The van der Waals surface area contributed by atoms with E-state index < -0.39 is 29.9 Å². The van der Waals surface area contributed by atoms with E-state index in [2.05, 4.69) is 0 Å². The molecule has 0 amide bonds. The number of hydrogen-bond donors (Lipinski definition) is 2. The molecule has 0 bridgehead atoms. The SMILES string of the molecule is CC1(C)OC[C@]2(OC[C@@H](O)[C@@H](O)[C@H]2OCc2ccccc2)O1. The fourth-order valence-corrected chi connectivity index (χ4v) is 2.82. The molecule has 2 aliphatic heterocycles. The summed E-state index contributed by atoms with van der Waals surface area (Å²) in [6, 6.07) is 9.60. The fourth-order valence-electron chi connectivity index (χ4n) is 2.82. The number of ether oxygens (including phenoxy) is 4. The van der Waals surface area contributed by atoms with Crippen LogP contribution in [0.4, 0.5) is 0 Å². The maximum atomic E-state index is 10.3. The summed E-state index contributed by atoms with van der Waals surface area (Å²) in [6.45, 7) is 3.95. The van der Waals surface area contributed by atoms with Gasteiger partial charge in [0.05, 0.1) is 13.2 Å². The summed E-state index contributed by atoms with van der Waals surface area (Å²) in [5.41, 5.74) is 0.961. The highest BCUT2D eigenvalue weighted by atomic mass is 16.8. The van der Waals surface area contributed by atoms with Crippen LogP contribution in [0.1, 0.15) is 19.4 Å². The molecule has 3 rings (SSSR count). The number of hydrogen-bond acceptors (Lipinski definition) is 6. The largest absolute Gasteiger partial charge is 0.388 e. The molecule has 0 aromatic heterocycles. The Kier molecular flexibility index (Phi) is 4.24. The van der Waals surface area contributed by atoms with Gasteiger partial charge in [-0.2, -0.15) is 0 Å². The number of aliphatic hydroxyl groups is 2. The van der Waals surface area contributed by atoms with Crippen molar-refractivity contribution >= 4 is 0 Å². The molecule has 4 atom stereocenters. The second-order valence-electron chi connectivity index (χ2n) is 6.19. The maximum Gasteiger partial charge on any atom is 0.224 e. The molecule has 2 saturated heterocycles. The zero-order chi connectivity index (χ0) is 15.8. The molecule has 0 unspecified atom stereocenters. The van der Waals surface area contributed by atoms with Gasteiger partial charge in [0.1, 0.15) is 24.9 Å². The van der Waals surface area contributed by atoms with Gasteiger partial charge >= 0.3 is 0 Å². The van der Waals surface area contributed by atoms with Crippen molar-refractivity contribution in [2.24, 2.45) is 0 Å². The Bertz CT molecular complexity index is 505. The second kappa shape index (κ2) is 5.88. The van der Waals surface area contributed by atoms with Gasteiger partial charge in [-0.05, 0) is 19.4 Å². The molecule has 0 radical (unpaired) electrons. The normalized spacial score (nSPS) is 37.5. The Morgan fingerprint density at radius 3 is 2.55 bits per heavy atom. The van der Waals surface area contributed by atoms with Crippen LogP contribution in [0.2, 0.25) is 0 Å². The van der Waals surface area contributed by atoms with Gasteiger partial charge in [-0.15, -0.1) is 0 Å². The lowest BCUT2D eigenvalue weighted by Crippen LogP contribution is -2.63. The molecule has 22 heavy (non-hydrogen) atoms. The number of aliphatic hydroxyl groups excluding tert-OH is 2. The van der Waals surface area contributed by atoms with Crippen molar-refractivity contribution in [2.45, 2.75) is 50.3 Å². The van der Waals surface area contributed by atoms with Crippen molar-refractivity contribution in [3.8, 4) is 0 Å². The first kappa shape index (κ1) is 15.9. The van der Waals surface area contributed by atoms with Gasteiger partial charge in [0.15, 0.2) is 5.79 Å². The van der Waals surface area contributed by atoms with Crippen LogP contribution in [0.5, 0.6) is 0 Å². The first-order chi connectivity index (χ1) is 10.4. The average molecular weight is 310 g/mol. The molecule has 1 spiro atoms. The smallest absolute Gasteiger partial charge is 0.224 e. The Labute approximate surface area is 129 Å². The number of rotatable bonds is 3. The van der Waals surface area contributed by atoms with E-state index >= 15 is 0 Å². The first-order valence-corrected chi connectivity index (χ1v) is 7.42. The standard InChI is InChI=1S/C16H22O6/c1-15(2)21-10-16(22-15)14(13(18)12(17)9-20-16)19-8-11-6-4-3-5-7-11/h3-7,12-14,17-18H,8-10H2,1-2H3/t12-,13-,14-,16+/m1/s1. The van der Waals surface area contributed by atoms with Gasteiger partial charge in [-0.25, -0.2) is 0 Å². The fraction of sp³-hybridized carbons (Fsp3) is 0.625. The summed E-state index contributed by atoms with van der Waals surface area (Å²) in [4.78, 5) is 0. The molecule has 2 fully saturated rings. The van der Waals surface area contributed by atoms with Gasteiger partial charge in [0.25, 0.3) is 0 Å². The molecule has 1 aromatic rings. The minimum absolute atomic E-state index is 0.0220. The Hall–Kier alpha value is -1.02. The summed E-state index contributed by atoms with van der Waals surface area (Å²) >= 11 is 0. The third kappa shape index (κ3) is 3.03. The van der Waals surface area contributed by atoms with E-state index in [-0.39, 0.29) is 19.8 Å². The molecular weight excluding hydrogens is 288 g/mol. The van der Waals surface area contributed by atoms with Gasteiger partial charge < -0.3 is 29.2 Å². The van der Waals surface area contributed by atoms with E-state index in [0.717, 1.165) is 5.56 Å². The van der Waals surface area contributed by atoms with Crippen molar-refractivity contribution in [2.75, 3.05) is 13.2 Å². The Morgan fingerprint density at radius 2 is 1.91 bits per heavy atom. The van der Waals surface area contributed by atoms with Gasteiger partial charge in [0.2, 0.25) is 5.79 Å². The zero-order valence-corrected chi connectivity index (χ0v) is 12.8. The number of benzene rings is 1. The predicted octanol–water partition coefficient (Wildman–Crippen LogP) is 0.803. The van der Waals surface area contributed by atoms with Crippen LogP contribution < -0.4 is 0 Å². The molecular formula is C16H22O6. The van der Waals surface area contributed by atoms with Gasteiger partial charge in [-0.1, -0.05) is 30.3 Å². The third-order valence-corrected chi connectivity index (χ3v) is 3.95. The Balaban J connectivity index is 1.77. The highest BCUT2D eigenvalue weighted by Gasteiger charge is 2.58. The molecule has 0 aliphatic carbocycles. The quantitative estimate of drug-likeness (QED) is 0.860. The van der Waals surface area contributed by atoms with Crippen LogP contribution in [0.15, 0.2) is 30.3 Å². The summed E-state index contributed by atoms with van der Waals surface area (Å²) in [5, 5.41) is 20.2. The lowest BCUT2D eigenvalue weighted by atomic mass is 9.97. The van der Waals surface area contributed by atoms with E-state index in [1.54, 1.807) is 13.8 Å². The van der Waals surface area contributed by atoms with Crippen LogP contribution in [-0.2, 0) is 25.6 Å². The molecule has 2 aliphatic rings. The lowest BCUT2D eigenvalue weighted by molar-refractivity contribution is -0.347. The molecule has 1 aromatic carbocycles. The van der Waals surface area contributed by atoms with E-state index in [0.29, 0.717) is 0 Å². The van der Waals surface area contributed by atoms with Crippen LogP contribution >= 0.6 is 0 Å². The van der Waals surface area contributed by atoms with Crippen molar-refractivity contribution in [1.29, 1.82) is 0 Å². The van der Waals surface area contributed by atoms with E-state index in [9.17, 15) is 10.2 Å². The summed E-state index contributed by atoms with van der Waals surface area (Å²) in [5.74, 6) is -2.02. The molecule has 2 heterocycles. The van der Waals surface area contributed by atoms with Crippen LogP contribution in [0.25, 0.3) is 0 Å². The van der Waals surface area contributed by atoms with E-state index in [4.69, 9.17) is 18.9 Å². The Morgan fingerprint density at radius 1 is 1.18 bits per heavy atom. The summed E-state index contributed by atoms with van der Waals surface area (Å²) in [6.07, 6.45) is -2.95. The molecule has 6 heteroatoms. The molecule has 2 N–H and O–H groups in total. The van der Waals surface area contributed by atoms with Crippen LogP contribution in [0.3, 0.4) is 0 Å². The minimum atomic E-state index is -1.20. The third-order valence-electron chi connectivity index (χ3n) is 3.95. The van der Waals surface area contributed by atoms with E-state index in [1.807, 2.05) is 30.3 Å². The topological polar surface area (TPSA) is 77.4 Å². The van der Waals surface area contributed by atoms with Gasteiger partial charge in [-0.3, -0.25) is 0 Å². The average Bonchev–Trinajstić information content (AvgIpc) is 2.81. The van der Waals surface area contributed by atoms with Crippen LogP contribution in [0, 0.1) is 0 Å². The molecule has 6 nitrogen and oxygen atoms in total. The van der Waals surface area contributed by atoms with Crippen molar-refractivity contribution in [3.63, 3.8) is 0 Å². The monoisotopic (exact) mass is 310 g/mol. The molecule has 122 valence electrons. The maximum absolute atomic E-state index is 10.3. The summed E-state index contributed by atoms with van der Waals surface area (Å²) in [7, 11) is 0. The van der Waals surface area contributed by atoms with Gasteiger partial charge in [0, 0.05) is 0 Å². The summed E-state index contributed by atoms with van der Waals surface area (Å²) < 4.78 is 22.9. The van der Waals surface area contributed by atoms with Crippen molar-refractivity contribution < 1.29 is 29.2 Å². The van der Waals surface area contributed by atoms with E-state index in [1.165, 1.54) is 0 Å². The highest BCUT2D eigenvalue weighted by molar-refractivity contribution is 5.13. The lowest BCUT2D eigenvalue weighted by Gasteiger charge is -2.44. The van der Waals surface area contributed by atoms with Crippen molar-refractivity contribution in [1.82, 2.24) is 0 Å². The van der Waals surface area contributed by atoms with Crippen LogP contribution in [-0.4, -0.2) is 53.3 Å². The second-order valence-corrected chi connectivity index (χ2v) is 6.19. The predicted molar refractivity (Wildman–Crippen MR) is 76.8 cm³/mol. The minimum Gasteiger partial charge on any atom is -0.388 e.